The average molecular weight is 956 g/mol. The van der Waals surface area contributed by atoms with Crippen molar-refractivity contribution in [3.8, 4) is 33.6 Å². The van der Waals surface area contributed by atoms with Crippen molar-refractivity contribution in [2.45, 2.75) is 0 Å². The molecule has 1 nitrogen and oxygen atoms in total. The smallest absolute Gasteiger partial charge is 0.0722 e. The third kappa shape index (κ3) is 8.08. The molecule has 0 aliphatic rings. The SMILES string of the molecule is S=P(c1ccccc1)(c1ccccc1)c1ccccc1-c1cc(-c2ccccc2P(=S)(c2ccccc2)c2ccccc2)nc(-c2ccccc2P(=S)(c2ccccc2)c2ccccc2)c1. The average Bonchev–Trinajstić information content (AvgIpc) is 3.41. The minimum absolute atomic E-state index is 0.837. The Morgan fingerprint density at radius 1 is 0.242 bits per heavy atom. The molecule has 0 amide bonds. The van der Waals surface area contributed by atoms with Crippen LogP contribution in [0.3, 0.4) is 0 Å². The Morgan fingerprint density at radius 3 is 0.727 bits per heavy atom. The topological polar surface area (TPSA) is 12.9 Å². The predicted molar refractivity (Wildman–Crippen MR) is 299 cm³/mol. The van der Waals surface area contributed by atoms with E-state index in [0.29, 0.717) is 0 Å². The van der Waals surface area contributed by atoms with Crippen LogP contribution in [0, 0.1) is 0 Å². The van der Waals surface area contributed by atoms with Crippen LogP contribution in [0.4, 0.5) is 0 Å². The van der Waals surface area contributed by atoms with Gasteiger partial charge in [0.15, 0.2) is 0 Å². The van der Waals surface area contributed by atoms with E-state index in [9.17, 15) is 0 Å². The lowest BCUT2D eigenvalue weighted by Gasteiger charge is -2.28. The van der Waals surface area contributed by atoms with Gasteiger partial charge in [-0.2, -0.15) is 0 Å². The summed E-state index contributed by atoms with van der Waals surface area (Å²) >= 11 is 21.2. The normalized spacial score (nSPS) is 11.8. The maximum Gasteiger partial charge on any atom is 0.0722 e. The molecule has 0 N–H and O–H groups in total. The summed E-state index contributed by atoms with van der Waals surface area (Å²) in [5, 5.41) is 10.1. The van der Waals surface area contributed by atoms with E-state index in [1.807, 2.05) is 0 Å². The van der Waals surface area contributed by atoms with Gasteiger partial charge in [-0.05, 0) is 55.1 Å². The number of benzene rings is 9. The predicted octanol–water partition coefficient (Wildman–Crippen LogP) is 11.3. The van der Waals surface area contributed by atoms with E-state index in [1.54, 1.807) is 0 Å². The highest BCUT2D eigenvalue weighted by Crippen LogP contribution is 2.49. The van der Waals surface area contributed by atoms with Crippen molar-refractivity contribution in [2.24, 2.45) is 0 Å². The molecule has 10 rings (SSSR count). The summed E-state index contributed by atoms with van der Waals surface area (Å²) in [5.41, 5.74) is 5.78. The summed E-state index contributed by atoms with van der Waals surface area (Å²) in [7, 11) is 0. The largest absolute Gasteiger partial charge is 0.248 e. The fourth-order valence-corrected chi connectivity index (χ4v) is 21.2. The number of aromatic nitrogens is 1. The number of pyridine rings is 1. The zero-order valence-electron chi connectivity index (χ0n) is 35.9. The van der Waals surface area contributed by atoms with E-state index in [4.69, 9.17) is 40.4 Å². The molecule has 318 valence electrons. The van der Waals surface area contributed by atoms with E-state index >= 15 is 0 Å². The van der Waals surface area contributed by atoms with Crippen molar-refractivity contribution in [3.63, 3.8) is 0 Å². The molecule has 0 fully saturated rings. The van der Waals surface area contributed by atoms with Gasteiger partial charge in [-0.3, -0.25) is 0 Å². The van der Waals surface area contributed by atoms with Gasteiger partial charge in [0.1, 0.15) is 0 Å². The van der Waals surface area contributed by atoms with E-state index in [-0.39, 0.29) is 0 Å². The molecule has 0 atom stereocenters. The third-order valence-corrected chi connectivity index (χ3v) is 27.1. The molecule has 0 saturated carbocycles. The summed E-state index contributed by atoms with van der Waals surface area (Å²) in [4.78, 5) is 5.76. The molecule has 1 heterocycles. The van der Waals surface area contributed by atoms with E-state index in [1.165, 1.54) is 0 Å². The van der Waals surface area contributed by atoms with Gasteiger partial charge < -0.3 is 0 Å². The molecule has 0 aliphatic carbocycles. The molecule has 0 saturated heterocycles. The molecule has 0 unspecified atom stereocenters. The highest BCUT2D eigenvalue weighted by atomic mass is 32.4. The van der Waals surface area contributed by atoms with Gasteiger partial charge >= 0.3 is 0 Å². The highest BCUT2D eigenvalue weighted by Gasteiger charge is 2.32. The maximum absolute atomic E-state index is 7.07. The van der Waals surface area contributed by atoms with Crippen LogP contribution in [0.2, 0.25) is 0 Å². The Labute approximate surface area is 404 Å². The summed E-state index contributed by atoms with van der Waals surface area (Å²) in [6, 6.07) is 86.6. The first-order chi connectivity index (χ1) is 32.4. The Hall–Kier alpha value is -5.92. The lowest BCUT2D eigenvalue weighted by molar-refractivity contribution is 1.33. The van der Waals surface area contributed by atoms with Gasteiger partial charge in [-0.25, -0.2) is 4.98 Å². The van der Waals surface area contributed by atoms with Crippen LogP contribution in [0.1, 0.15) is 0 Å². The van der Waals surface area contributed by atoms with Gasteiger partial charge in [0.05, 0.1) is 11.4 Å². The second-order valence-electron chi connectivity index (χ2n) is 16.0. The van der Waals surface area contributed by atoms with E-state index in [2.05, 4.69) is 267 Å². The van der Waals surface area contributed by atoms with Crippen LogP contribution in [0.25, 0.3) is 33.6 Å². The van der Waals surface area contributed by atoms with Crippen molar-refractivity contribution < 1.29 is 0 Å². The highest BCUT2D eigenvalue weighted by molar-refractivity contribution is 8.26. The number of hydrogen-bond acceptors (Lipinski definition) is 4. The first-order valence-electron chi connectivity index (χ1n) is 21.9. The molecule has 9 aromatic carbocycles. The van der Waals surface area contributed by atoms with Crippen molar-refractivity contribution in [1.29, 1.82) is 0 Å². The second kappa shape index (κ2) is 19.1. The lowest BCUT2D eigenvalue weighted by Crippen LogP contribution is -2.27. The summed E-state index contributed by atoms with van der Waals surface area (Å²) < 4.78 is 0. The third-order valence-electron chi connectivity index (χ3n) is 12.1. The maximum atomic E-state index is 7.07. The molecule has 0 aliphatic heterocycles. The van der Waals surface area contributed by atoms with Gasteiger partial charge in [0.2, 0.25) is 0 Å². The fraction of sp³-hybridized carbons (Fsp3) is 0. The van der Waals surface area contributed by atoms with Crippen LogP contribution in [0.15, 0.2) is 267 Å². The molecular weight excluding hydrogens is 912 g/mol. The van der Waals surface area contributed by atoms with Gasteiger partial charge in [-0.15, -0.1) is 0 Å². The Morgan fingerprint density at radius 2 is 0.455 bits per heavy atom. The minimum atomic E-state index is -2.62. The van der Waals surface area contributed by atoms with Gasteiger partial charge in [-0.1, -0.05) is 290 Å². The van der Waals surface area contributed by atoms with E-state index < -0.39 is 18.1 Å². The fourth-order valence-electron chi connectivity index (χ4n) is 8.99. The van der Waals surface area contributed by atoms with Gasteiger partial charge in [0, 0.05) is 45.2 Å². The summed E-state index contributed by atoms with van der Waals surface area (Å²) in [6.45, 7) is 0. The first kappa shape index (κ1) is 43.9. The Balaban J connectivity index is 1.29. The van der Waals surface area contributed by atoms with Crippen LogP contribution in [-0.4, -0.2) is 4.98 Å². The molecule has 0 bridgehead atoms. The molecule has 66 heavy (non-hydrogen) atoms. The zero-order chi connectivity index (χ0) is 45.0. The summed E-state index contributed by atoms with van der Waals surface area (Å²) in [6.07, 6.45) is 0. The molecule has 0 radical (unpaired) electrons. The molecule has 10 aromatic rings. The number of nitrogens with zero attached hydrogens (tertiary/aromatic N) is 1. The Kier molecular flexibility index (Phi) is 12.7. The van der Waals surface area contributed by atoms with Crippen LogP contribution < -0.4 is 47.7 Å². The van der Waals surface area contributed by atoms with Crippen molar-refractivity contribution in [3.05, 3.63) is 267 Å². The monoisotopic (exact) mass is 955 g/mol. The molecular formula is C59H44NP3S3. The van der Waals surface area contributed by atoms with Crippen LogP contribution in [0.5, 0.6) is 0 Å². The second-order valence-corrected chi connectivity index (χ2v) is 29.1. The first-order valence-corrected chi connectivity index (χ1v) is 30.3. The van der Waals surface area contributed by atoms with Crippen LogP contribution in [-0.2, 0) is 35.4 Å². The van der Waals surface area contributed by atoms with Crippen molar-refractivity contribution in [1.82, 2.24) is 4.98 Å². The van der Waals surface area contributed by atoms with Crippen molar-refractivity contribution >= 4 is 101 Å². The molecule has 0 spiro atoms. The van der Waals surface area contributed by atoms with Crippen LogP contribution >= 0.6 is 18.1 Å². The lowest BCUT2D eigenvalue weighted by atomic mass is 10.00. The Bertz CT molecular complexity index is 2930. The number of hydrogen-bond donors (Lipinski definition) is 0. The van der Waals surface area contributed by atoms with Gasteiger partial charge in [0.25, 0.3) is 0 Å². The molecule has 7 heteroatoms. The molecule has 1 aromatic heterocycles. The van der Waals surface area contributed by atoms with E-state index in [0.717, 1.165) is 81.4 Å². The minimum Gasteiger partial charge on any atom is -0.248 e. The zero-order valence-corrected chi connectivity index (χ0v) is 41.0. The van der Waals surface area contributed by atoms with Crippen molar-refractivity contribution in [2.75, 3.05) is 0 Å². The quantitative estimate of drug-likeness (QED) is 0.113. The summed E-state index contributed by atoms with van der Waals surface area (Å²) in [5.74, 6) is 0. The standard InChI is InChI=1S/C59H44NP3S3/c64-61(46-25-7-1-8-26-46,47-27-9-2-10-28-47)57-40-22-19-37-52(57)45-43-55(53-38-20-23-41-58(53)62(65,48-29-11-3-12-30-48)49-31-13-4-14-32-49)60-56(44-45)54-39-21-24-42-59(54)63(66,50-33-15-5-16-34-50)51-35-17-6-18-36-51/h1-44H. The number of rotatable bonds is 12.